The number of benzene rings is 7. The first kappa shape index (κ1) is 27.5. The summed E-state index contributed by atoms with van der Waals surface area (Å²) in [5.41, 5.74) is 15.1. The van der Waals surface area contributed by atoms with Crippen molar-refractivity contribution in [3.05, 3.63) is 163 Å². The number of nitrogens with zero attached hydrogens (tertiary/aromatic N) is 3. The molecule has 0 unspecified atom stereocenters. The molecule has 0 saturated carbocycles. The van der Waals surface area contributed by atoms with Crippen LogP contribution >= 0.6 is 0 Å². The van der Waals surface area contributed by atoms with Crippen LogP contribution < -0.4 is 0 Å². The minimum Gasteiger partial charge on any atom is -0.423 e. The maximum Gasteiger partial charge on any atom is 0.307 e. The molecule has 7 aromatic carbocycles. The first-order valence-electron chi connectivity index (χ1n) is 17.2. The van der Waals surface area contributed by atoms with Crippen LogP contribution in [0.5, 0.6) is 0 Å². The average molecular weight is 642 g/mol. The van der Waals surface area contributed by atoms with Gasteiger partial charge in [0.05, 0.1) is 22.1 Å². The molecule has 0 bridgehead atoms. The Hall–Kier alpha value is -6.39. The maximum atomic E-state index is 6.29. The van der Waals surface area contributed by atoms with Gasteiger partial charge in [-0.05, 0) is 100 Å². The van der Waals surface area contributed by atoms with E-state index in [0.717, 1.165) is 22.1 Å². The highest BCUT2D eigenvalue weighted by molar-refractivity contribution is 6.14. The molecule has 50 heavy (non-hydrogen) atoms. The van der Waals surface area contributed by atoms with Crippen LogP contribution in [0, 0.1) is 0 Å². The summed E-state index contributed by atoms with van der Waals surface area (Å²) in [6, 6.07) is 55.3. The molecule has 1 aliphatic carbocycles. The van der Waals surface area contributed by atoms with E-state index in [1.165, 1.54) is 71.6 Å². The minimum absolute atomic E-state index is 0.0737. The van der Waals surface area contributed by atoms with Crippen LogP contribution in [-0.4, -0.2) is 14.1 Å². The van der Waals surface area contributed by atoms with E-state index in [2.05, 4.69) is 150 Å². The molecule has 0 fully saturated rings. The normalized spacial score (nSPS) is 13.6. The summed E-state index contributed by atoms with van der Waals surface area (Å²) in [4.78, 5) is 4.87. The topological polar surface area (TPSA) is 35.9 Å². The molecular formula is C46H31N3O. The van der Waals surface area contributed by atoms with Crippen molar-refractivity contribution in [1.82, 2.24) is 14.1 Å². The summed E-state index contributed by atoms with van der Waals surface area (Å²) in [6.07, 6.45) is 0. The Morgan fingerprint density at radius 2 is 1.12 bits per heavy atom. The second-order valence-corrected chi connectivity index (χ2v) is 14.0. The van der Waals surface area contributed by atoms with E-state index in [4.69, 9.17) is 9.40 Å². The first-order chi connectivity index (χ1) is 24.5. The lowest BCUT2D eigenvalue weighted by Crippen LogP contribution is -2.14. The number of oxazole rings is 1. The third-order valence-electron chi connectivity index (χ3n) is 11.0. The zero-order valence-electron chi connectivity index (χ0n) is 27.7. The number of aromatic nitrogens is 3. The van der Waals surface area contributed by atoms with Crippen molar-refractivity contribution >= 4 is 54.7 Å². The summed E-state index contributed by atoms with van der Waals surface area (Å²) in [6.45, 7) is 4.71. The Kier molecular flexibility index (Phi) is 5.42. The van der Waals surface area contributed by atoms with E-state index in [1.807, 2.05) is 24.3 Å². The third kappa shape index (κ3) is 3.68. The van der Waals surface area contributed by atoms with Crippen LogP contribution in [-0.2, 0) is 5.41 Å². The smallest absolute Gasteiger partial charge is 0.307 e. The van der Waals surface area contributed by atoms with Crippen LogP contribution in [0.2, 0.25) is 0 Å². The lowest BCUT2D eigenvalue weighted by molar-refractivity contribution is 0.574. The first-order valence-corrected chi connectivity index (χ1v) is 17.2. The third-order valence-corrected chi connectivity index (χ3v) is 11.0. The molecule has 3 heterocycles. The van der Waals surface area contributed by atoms with Gasteiger partial charge in [0, 0.05) is 32.6 Å². The van der Waals surface area contributed by atoms with Crippen LogP contribution in [0.25, 0.3) is 88.7 Å². The van der Waals surface area contributed by atoms with Gasteiger partial charge in [0.1, 0.15) is 5.52 Å². The highest BCUT2D eigenvalue weighted by atomic mass is 16.4. The Morgan fingerprint density at radius 3 is 1.94 bits per heavy atom. The van der Waals surface area contributed by atoms with Crippen molar-refractivity contribution in [2.75, 3.05) is 0 Å². The number of para-hydroxylation sites is 4. The monoisotopic (exact) mass is 641 g/mol. The van der Waals surface area contributed by atoms with Gasteiger partial charge in [0.2, 0.25) is 0 Å². The SMILES string of the molecule is CC1(C)c2ccccc2-c2cc3c4cc(-c5ccc6c(c5)c5ccccc5n6-c5nc6ccccc6o5)ccc4n(-c4ccccc4)c3cc21. The maximum absolute atomic E-state index is 6.29. The number of fused-ring (bicyclic) bond motifs is 10. The van der Waals surface area contributed by atoms with E-state index < -0.39 is 0 Å². The molecule has 0 N–H and O–H groups in total. The Balaban J connectivity index is 1.15. The largest absolute Gasteiger partial charge is 0.423 e. The van der Waals surface area contributed by atoms with Crippen molar-refractivity contribution in [3.8, 4) is 34.0 Å². The Morgan fingerprint density at radius 1 is 0.480 bits per heavy atom. The highest BCUT2D eigenvalue weighted by Gasteiger charge is 2.36. The predicted octanol–water partition coefficient (Wildman–Crippen LogP) is 12.0. The fourth-order valence-corrected chi connectivity index (χ4v) is 8.56. The average Bonchev–Trinajstić information content (AvgIpc) is 3.88. The summed E-state index contributed by atoms with van der Waals surface area (Å²) in [5, 5.41) is 4.86. The molecule has 0 spiro atoms. The van der Waals surface area contributed by atoms with Crippen LogP contribution in [0.4, 0.5) is 0 Å². The molecule has 10 aromatic rings. The van der Waals surface area contributed by atoms with E-state index >= 15 is 0 Å². The van der Waals surface area contributed by atoms with Crippen molar-refractivity contribution in [3.63, 3.8) is 0 Å². The standard InChI is InChI=1S/C46H31N3O/c1-46(2)37-16-8-6-14-31(37)33-26-36-35-25-29(20-22-41(35)48(43(36)27-38(33)46)30-12-4-3-5-13-30)28-21-23-42-34(24-28)32-15-7-10-18-40(32)49(42)45-47-39-17-9-11-19-44(39)50-45/h3-27H,1-2H3. The summed E-state index contributed by atoms with van der Waals surface area (Å²) < 4.78 is 10.9. The number of hydrogen-bond donors (Lipinski definition) is 0. The van der Waals surface area contributed by atoms with Crippen LogP contribution in [0.15, 0.2) is 156 Å². The van der Waals surface area contributed by atoms with Crippen molar-refractivity contribution in [2.24, 2.45) is 0 Å². The second kappa shape index (κ2) is 9.83. The van der Waals surface area contributed by atoms with E-state index in [-0.39, 0.29) is 5.41 Å². The molecule has 4 nitrogen and oxygen atoms in total. The molecule has 0 aliphatic heterocycles. The van der Waals surface area contributed by atoms with Gasteiger partial charge in [-0.15, -0.1) is 0 Å². The number of hydrogen-bond acceptors (Lipinski definition) is 2. The van der Waals surface area contributed by atoms with Gasteiger partial charge >= 0.3 is 6.01 Å². The number of rotatable bonds is 3. The highest BCUT2D eigenvalue weighted by Crippen LogP contribution is 2.51. The molecule has 1 aliphatic rings. The lowest BCUT2D eigenvalue weighted by atomic mass is 9.82. The van der Waals surface area contributed by atoms with Gasteiger partial charge in [0.25, 0.3) is 0 Å². The zero-order chi connectivity index (χ0) is 33.1. The van der Waals surface area contributed by atoms with E-state index in [1.54, 1.807) is 0 Å². The Bertz CT molecular complexity index is 2980. The fourth-order valence-electron chi connectivity index (χ4n) is 8.56. The van der Waals surface area contributed by atoms with Gasteiger partial charge in [-0.3, -0.25) is 4.57 Å². The fraction of sp³-hybridized carbons (Fsp3) is 0.0652. The molecule has 4 heteroatoms. The molecule has 236 valence electrons. The predicted molar refractivity (Wildman–Crippen MR) is 206 cm³/mol. The van der Waals surface area contributed by atoms with Gasteiger partial charge in [-0.1, -0.05) is 98.8 Å². The van der Waals surface area contributed by atoms with Crippen LogP contribution in [0.3, 0.4) is 0 Å². The van der Waals surface area contributed by atoms with E-state index in [9.17, 15) is 0 Å². The molecule has 11 rings (SSSR count). The zero-order valence-corrected chi connectivity index (χ0v) is 27.7. The van der Waals surface area contributed by atoms with Gasteiger partial charge < -0.3 is 8.98 Å². The lowest BCUT2D eigenvalue weighted by Gasteiger charge is -2.21. The van der Waals surface area contributed by atoms with Gasteiger partial charge in [-0.25, -0.2) is 0 Å². The molecule has 0 saturated heterocycles. The quantitative estimate of drug-likeness (QED) is 0.192. The molecule has 0 radical (unpaired) electrons. The summed E-state index contributed by atoms with van der Waals surface area (Å²) in [7, 11) is 0. The van der Waals surface area contributed by atoms with Crippen molar-refractivity contribution in [1.29, 1.82) is 0 Å². The van der Waals surface area contributed by atoms with Crippen molar-refractivity contribution < 1.29 is 4.42 Å². The molecular weight excluding hydrogens is 611 g/mol. The van der Waals surface area contributed by atoms with Gasteiger partial charge in [-0.2, -0.15) is 4.98 Å². The second-order valence-electron chi connectivity index (χ2n) is 14.0. The van der Waals surface area contributed by atoms with Gasteiger partial charge in [0.15, 0.2) is 5.58 Å². The minimum atomic E-state index is -0.0737. The van der Waals surface area contributed by atoms with Crippen molar-refractivity contribution in [2.45, 2.75) is 19.3 Å². The summed E-state index contributed by atoms with van der Waals surface area (Å²) in [5.74, 6) is 0. The summed E-state index contributed by atoms with van der Waals surface area (Å²) >= 11 is 0. The molecule has 0 atom stereocenters. The molecule has 0 amide bonds. The van der Waals surface area contributed by atoms with E-state index in [0.29, 0.717) is 6.01 Å². The Labute approximate surface area is 288 Å². The van der Waals surface area contributed by atoms with Crippen LogP contribution in [0.1, 0.15) is 25.0 Å². The molecule has 3 aromatic heterocycles.